The van der Waals surface area contributed by atoms with Crippen LogP contribution in [-0.4, -0.2) is 47.6 Å². The molecule has 2 rings (SSSR count). The fourth-order valence-corrected chi connectivity index (χ4v) is 2.54. The van der Waals surface area contributed by atoms with Crippen molar-refractivity contribution in [3.05, 3.63) is 20.8 Å². The van der Waals surface area contributed by atoms with Crippen molar-refractivity contribution in [2.75, 3.05) is 37.5 Å². The Balaban J connectivity index is 2.45. The quantitative estimate of drug-likeness (QED) is 0.602. The van der Waals surface area contributed by atoms with E-state index in [-0.39, 0.29) is 30.7 Å². The first kappa shape index (κ1) is 15.6. The van der Waals surface area contributed by atoms with Crippen LogP contribution in [0.25, 0.3) is 0 Å². The molecule has 0 radical (unpaired) electrons. The first-order valence-electron chi connectivity index (χ1n) is 7.09. The number of H-pyrrole nitrogens is 1. The van der Waals surface area contributed by atoms with Gasteiger partial charge in [-0.1, -0.05) is 0 Å². The number of rotatable bonds is 7. The molecule has 0 atom stereocenters. The van der Waals surface area contributed by atoms with Crippen molar-refractivity contribution in [3.63, 3.8) is 0 Å². The van der Waals surface area contributed by atoms with Gasteiger partial charge in [-0.2, -0.15) is 0 Å². The van der Waals surface area contributed by atoms with Crippen LogP contribution in [0.1, 0.15) is 19.3 Å². The molecule has 1 fully saturated rings. The standard InChI is InChI=1S/C13H22N4O4/c1-21-8-6-17-11(14)10(12(19)15-13(17)20)16(5-7-18)9-3-2-4-9/h9,18H,2-8,14H2,1H3,(H,15,19,20). The monoisotopic (exact) mass is 298 g/mol. The van der Waals surface area contributed by atoms with Gasteiger partial charge in [-0.25, -0.2) is 4.79 Å². The molecule has 8 heteroatoms. The van der Waals surface area contributed by atoms with Crippen LogP contribution in [0, 0.1) is 0 Å². The average Bonchev–Trinajstić information content (AvgIpc) is 2.36. The van der Waals surface area contributed by atoms with E-state index >= 15 is 0 Å². The molecule has 1 aromatic heterocycles. The van der Waals surface area contributed by atoms with E-state index < -0.39 is 11.2 Å². The first-order chi connectivity index (χ1) is 10.1. The summed E-state index contributed by atoms with van der Waals surface area (Å²) in [7, 11) is 1.53. The van der Waals surface area contributed by atoms with Gasteiger partial charge in [-0.3, -0.25) is 14.3 Å². The molecule has 118 valence electrons. The summed E-state index contributed by atoms with van der Waals surface area (Å²) in [6, 6.07) is 0.189. The van der Waals surface area contributed by atoms with Gasteiger partial charge in [0.05, 0.1) is 19.8 Å². The number of nitrogen functional groups attached to an aromatic ring is 1. The number of aromatic amines is 1. The SMILES string of the molecule is COCCn1c(N)c(N(CCO)C2CCC2)c(=O)[nH]c1=O. The van der Waals surface area contributed by atoms with Crippen molar-refractivity contribution in [2.45, 2.75) is 31.8 Å². The van der Waals surface area contributed by atoms with Gasteiger partial charge in [-0.15, -0.1) is 0 Å². The second-order valence-corrected chi connectivity index (χ2v) is 5.14. The molecule has 0 aliphatic heterocycles. The highest BCUT2D eigenvalue weighted by atomic mass is 16.5. The molecule has 0 bridgehead atoms. The number of hydrogen-bond acceptors (Lipinski definition) is 6. The summed E-state index contributed by atoms with van der Waals surface area (Å²) in [4.78, 5) is 28.1. The van der Waals surface area contributed by atoms with Crippen LogP contribution in [0.4, 0.5) is 11.5 Å². The number of nitrogens with one attached hydrogen (secondary N) is 1. The van der Waals surface area contributed by atoms with Crippen LogP contribution in [0.15, 0.2) is 9.59 Å². The van der Waals surface area contributed by atoms with Gasteiger partial charge in [0.1, 0.15) is 11.5 Å². The number of anilines is 2. The Hall–Kier alpha value is -1.80. The third kappa shape index (κ3) is 3.11. The maximum absolute atomic E-state index is 12.1. The van der Waals surface area contributed by atoms with Gasteiger partial charge >= 0.3 is 5.69 Å². The van der Waals surface area contributed by atoms with Crippen molar-refractivity contribution in [1.29, 1.82) is 0 Å². The number of nitrogens with zero attached hydrogens (tertiary/aromatic N) is 2. The zero-order valence-corrected chi connectivity index (χ0v) is 12.2. The van der Waals surface area contributed by atoms with Gasteiger partial charge in [0.25, 0.3) is 5.56 Å². The Morgan fingerprint density at radius 2 is 2.19 bits per heavy atom. The highest BCUT2D eigenvalue weighted by molar-refractivity contribution is 5.63. The Kier molecular flexibility index (Phi) is 5.03. The Bertz CT molecular complexity index is 591. The van der Waals surface area contributed by atoms with Gasteiger partial charge in [0.2, 0.25) is 0 Å². The van der Waals surface area contributed by atoms with E-state index in [1.807, 2.05) is 0 Å². The zero-order chi connectivity index (χ0) is 15.4. The molecule has 0 amide bonds. The Morgan fingerprint density at radius 1 is 1.48 bits per heavy atom. The summed E-state index contributed by atoms with van der Waals surface area (Å²) in [5, 5.41) is 9.23. The third-order valence-electron chi connectivity index (χ3n) is 3.88. The van der Waals surface area contributed by atoms with Crippen LogP contribution in [0.2, 0.25) is 0 Å². The van der Waals surface area contributed by atoms with Crippen molar-refractivity contribution in [3.8, 4) is 0 Å². The number of aromatic nitrogens is 2. The predicted octanol–water partition coefficient (Wildman–Crippen LogP) is -0.884. The summed E-state index contributed by atoms with van der Waals surface area (Å²) in [5.74, 6) is 0.126. The summed E-state index contributed by atoms with van der Waals surface area (Å²) < 4.78 is 6.25. The number of ether oxygens (including phenoxy) is 1. The van der Waals surface area contributed by atoms with E-state index in [4.69, 9.17) is 10.5 Å². The molecule has 0 aromatic carbocycles. The predicted molar refractivity (Wildman–Crippen MR) is 79.7 cm³/mol. The molecular formula is C13H22N4O4. The first-order valence-corrected chi connectivity index (χ1v) is 7.09. The van der Waals surface area contributed by atoms with Gasteiger partial charge < -0.3 is 20.5 Å². The lowest BCUT2D eigenvalue weighted by atomic mass is 9.91. The molecule has 1 aromatic rings. The Morgan fingerprint density at radius 3 is 2.71 bits per heavy atom. The minimum absolute atomic E-state index is 0.0768. The zero-order valence-electron chi connectivity index (χ0n) is 12.2. The summed E-state index contributed by atoms with van der Waals surface area (Å²) >= 11 is 0. The molecule has 8 nitrogen and oxygen atoms in total. The smallest absolute Gasteiger partial charge is 0.330 e. The van der Waals surface area contributed by atoms with Crippen LogP contribution in [0.5, 0.6) is 0 Å². The normalized spacial score (nSPS) is 15.0. The lowest BCUT2D eigenvalue weighted by molar-refractivity contribution is 0.186. The lowest BCUT2D eigenvalue weighted by Crippen LogP contribution is -2.47. The number of aliphatic hydroxyl groups excluding tert-OH is 1. The minimum Gasteiger partial charge on any atom is -0.395 e. The van der Waals surface area contributed by atoms with Gasteiger partial charge in [0, 0.05) is 19.7 Å². The topological polar surface area (TPSA) is 114 Å². The van der Waals surface area contributed by atoms with Crippen LogP contribution < -0.4 is 21.9 Å². The molecule has 1 aliphatic carbocycles. The average molecular weight is 298 g/mol. The van der Waals surface area contributed by atoms with Crippen LogP contribution in [0.3, 0.4) is 0 Å². The van der Waals surface area contributed by atoms with E-state index in [0.29, 0.717) is 13.2 Å². The number of methoxy groups -OCH3 is 1. The fourth-order valence-electron chi connectivity index (χ4n) is 2.54. The largest absolute Gasteiger partial charge is 0.395 e. The van der Waals surface area contributed by atoms with E-state index in [1.165, 1.54) is 11.7 Å². The van der Waals surface area contributed by atoms with Crippen LogP contribution >= 0.6 is 0 Å². The molecule has 0 spiro atoms. The minimum atomic E-state index is -0.546. The van der Waals surface area contributed by atoms with Crippen molar-refractivity contribution in [1.82, 2.24) is 9.55 Å². The van der Waals surface area contributed by atoms with Crippen molar-refractivity contribution in [2.24, 2.45) is 0 Å². The third-order valence-corrected chi connectivity index (χ3v) is 3.88. The molecule has 1 aliphatic rings. The molecule has 4 N–H and O–H groups in total. The number of hydrogen-bond donors (Lipinski definition) is 3. The summed E-state index contributed by atoms with van der Waals surface area (Å²) in [5.41, 5.74) is 5.25. The summed E-state index contributed by atoms with van der Waals surface area (Å²) in [6.45, 7) is 0.828. The van der Waals surface area contributed by atoms with Gasteiger partial charge in [0.15, 0.2) is 0 Å². The molecular weight excluding hydrogens is 276 g/mol. The lowest BCUT2D eigenvalue weighted by Gasteiger charge is -2.38. The number of aliphatic hydroxyl groups is 1. The second kappa shape index (κ2) is 6.77. The van der Waals surface area contributed by atoms with Crippen molar-refractivity contribution < 1.29 is 9.84 Å². The maximum atomic E-state index is 12.1. The van der Waals surface area contributed by atoms with Crippen molar-refractivity contribution >= 4 is 11.5 Å². The second-order valence-electron chi connectivity index (χ2n) is 5.14. The van der Waals surface area contributed by atoms with E-state index in [2.05, 4.69) is 4.98 Å². The molecule has 0 saturated heterocycles. The molecule has 21 heavy (non-hydrogen) atoms. The molecule has 0 unspecified atom stereocenters. The van der Waals surface area contributed by atoms with E-state index in [9.17, 15) is 14.7 Å². The summed E-state index contributed by atoms with van der Waals surface area (Å²) in [6.07, 6.45) is 3.00. The van der Waals surface area contributed by atoms with E-state index in [0.717, 1.165) is 19.3 Å². The van der Waals surface area contributed by atoms with Gasteiger partial charge in [-0.05, 0) is 19.3 Å². The molecule has 1 saturated carbocycles. The van der Waals surface area contributed by atoms with Crippen LogP contribution in [-0.2, 0) is 11.3 Å². The highest BCUT2D eigenvalue weighted by Gasteiger charge is 2.29. The Labute approximate surface area is 122 Å². The molecule has 1 heterocycles. The maximum Gasteiger partial charge on any atom is 0.330 e. The fraction of sp³-hybridized carbons (Fsp3) is 0.692. The number of nitrogens with two attached hydrogens (primary N) is 1. The van der Waals surface area contributed by atoms with E-state index in [1.54, 1.807) is 4.90 Å². The highest BCUT2D eigenvalue weighted by Crippen LogP contribution is 2.29.